The number of aromatic nitrogens is 2. The lowest BCUT2D eigenvalue weighted by Crippen LogP contribution is -2.23. The van der Waals surface area contributed by atoms with Crippen molar-refractivity contribution in [2.45, 2.75) is 12.0 Å². The van der Waals surface area contributed by atoms with Crippen molar-refractivity contribution in [3.05, 3.63) is 89.7 Å². The van der Waals surface area contributed by atoms with Crippen molar-refractivity contribution in [1.29, 1.82) is 0 Å². The van der Waals surface area contributed by atoms with Crippen LogP contribution in [0.25, 0.3) is 0 Å². The van der Waals surface area contributed by atoms with Crippen LogP contribution in [-0.4, -0.2) is 9.78 Å². The Morgan fingerprint density at radius 3 is 1.81 bits per heavy atom. The molecule has 1 unspecified atom stereocenters. The zero-order chi connectivity index (χ0) is 14.7. The molecule has 0 bridgehead atoms. The molecule has 0 saturated carbocycles. The number of benzene rings is 2. The zero-order valence-electron chi connectivity index (χ0n) is 12.1. The molecule has 0 saturated heterocycles. The van der Waals surface area contributed by atoms with Crippen molar-refractivity contribution in [3.63, 3.8) is 0 Å². The molecule has 0 radical (unpaired) electrons. The van der Waals surface area contributed by atoms with Gasteiger partial charge in [-0.3, -0.25) is 4.68 Å². The van der Waals surface area contributed by atoms with Gasteiger partial charge in [-0.1, -0.05) is 60.7 Å². The molecule has 3 heteroatoms. The van der Waals surface area contributed by atoms with Crippen LogP contribution in [0.4, 0.5) is 0 Å². The molecule has 2 N–H and O–H groups in total. The highest BCUT2D eigenvalue weighted by Crippen LogP contribution is 2.34. The molecule has 0 fully saturated rings. The molecule has 0 aliphatic carbocycles. The molecular formula is C18H19N3. The van der Waals surface area contributed by atoms with E-state index < -0.39 is 0 Å². The summed E-state index contributed by atoms with van der Waals surface area (Å²) >= 11 is 0. The van der Waals surface area contributed by atoms with Gasteiger partial charge in [0.2, 0.25) is 0 Å². The van der Waals surface area contributed by atoms with Gasteiger partial charge in [0.25, 0.3) is 0 Å². The van der Waals surface area contributed by atoms with E-state index in [9.17, 15) is 0 Å². The van der Waals surface area contributed by atoms with Crippen LogP contribution in [0.1, 0.15) is 28.8 Å². The lowest BCUT2D eigenvalue weighted by molar-refractivity contribution is 0.566. The molecule has 0 amide bonds. The third-order valence-electron chi connectivity index (χ3n) is 3.88. The van der Waals surface area contributed by atoms with Gasteiger partial charge in [-0.05, 0) is 17.2 Å². The molecule has 3 nitrogen and oxygen atoms in total. The van der Waals surface area contributed by atoms with Crippen LogP contribution in [0, 0.1) is 0 Å². The van der Waals surface area contributed by atoms with E-state index >= 15 is 0 Å². The van der Waals surface area contributed by atoms with Gasteiger partial charge >= 0.3 is 0 Å². The molecule has 0 spiro atoms. The second-order valence-corrected chi connectivity index (χ2v) is 5.20. The van der Waals surface area contributed by atoms with Crippen LogP contribution < -0.4 is 5.73 Å². The number of aryl methyl sites for hydroxylation is 1. The summed E-state index contributed by atoms with van der Waals surface area (Å²) in [6.45, 7) is 0. The van der Waals surface area contributed by atoms with E-state index in [2.05, 4.69) is 53.6 Å². The Balaban J connectivity index is 2.07. The second-order valence-electron chi connectivity index (χ2n) is 5.20. The Morgan fingerprint density at radius 2 is 1.38 bits per heavy atom. The molecule has 1 aromatic heterocycles. The van der Waals surface area contributed by atoms with Gasteiger partial charge in [-0.2, -0.15) is 5.10 Å². The highest BCUT2D eigenvalue weighted by Gasteiger charge is 2.25. The van der Waals surface area contributed by atoms with Crippen LogP contribution >= 0.6 is 0 Å². The van der Waals surface area contributed by atoms with Gasteiger partial charge in [-0.15, -0.1) is 0 Å². The Bertz CT molecular complexity index is 649. The molecule has 1 heterocycles. The topological polar surface area (TPSA) is 43.8 Å². The molecule has 0 aliphatic heterocycles. The summed E-state index contributed by atoms with van der Waals surface area (Å²) in [5.41, 5.74) is 10.1. The highest BCUT2D eigenvalue weighted by molar-refractivity contribution is 5.36. The van der Waals surface area contributed by atoms with Gasteiger partial charge < -0.3 is 5.73 Å². The summed E-state index contributed by atoms with van der Waals surface area (Å²) in [6, 6.07) is 22.7. The van der Waals surface area contributed by atoms with Gasteiger partial charge in [0.1, 0.15) is 0 Å². The summed E-state index contributed by atoms with van der Waals surface area (Å²) in [6.07, 6.45) is 1.79. The number of rotatable bonds is 4. The Hall–Kier alpha value is -2.39. The molecule has 106 valence electrons. The summed E-state index contributed by atoms with van der Waals surface area (Å²) in [7, 11) is 1.93. The largest absolute Gasteiger partial charge is 0.322 e. The van der Waals surface area contributed by atoms with E-state index in [0.29, 0.717) is 0 Å². The van der Waals surface area contributed by atoms with Crippen molar-refractivity contribution < 1.29 is 0 Å². The van der Waals surface area contributed by atoms with E-state index in [0.717, 1.165) is 5.69 Å². The molecule has 21 heavy (non-hydrogen) atoms. The van der Waals surface area contributed by atoms with E-state index in [4.69, 9.17) is 5.73 Å². The number of hydrogen-bond donors (Lipinski definition) is 1. The molecule has 3 rings (SSSR count). The van der Waals surface area contributed by atoms with Crippen molar-refractivity contribution in [1.82, 2.24) is 9.78 Å². The predicted octanol–water partition coefficient (Wildman–Crippen LogP) is 3.25. The van der Waals surface area contributed by atoms with Crippen molar-refractivity contribution in [2.75, 3.05) is 0 Å². The monoisotopic (exact) mass is 277 g/mol. The van der Waals surface area contributed by atoms with Crippen LogP contribution in [0.5, 0.6) is 0 Å². The first kappa shape index (κ1) is 13.6. The zero-order valence-corrected chi connectivity index (χ0v) is 12.1. The molecule has 3 aromatic rings. The Labute approximate surface area is 125 Å². The first-order chi connectivity index (χ1) is 10.3. The number of nitrogens with two attached hydrogens (primary N) is 1. The fraction of sp³-hybridized carbons (Fsp3) is 0.167. The van der Waals surface area contributed by atoms with E-state index in [1.807, 2.05) is 29.9 Å². The highest BCUT2D eigenvalue weighted by atomic mass is 15.3. The minimum atomic E-state index is -0.137. The summed E-state index contributed by atoms with van der Waals surface area (Å²) in [4.78, 5) is 0. The average Bonchev–Trinajstić information content (AvgIpc) is 2.96. The van der Waals surface area contributed by atoms with Crippen molar-refractivity contribution in [2.24, 2.45) is 12.8 Å². The van der Waals surface area contributed by atoms with Crippen LogP contribution in [-0.2, 0) is 7.05 Å². The maximum absolute atomic E-state index is 6.59. The maximum atomic E-state index is 6.59. The predicted molar refractivity (Wildman–Crippen MR) is 84.9 cm³/mol. The summed E-state index contributed by atoms with van der Waals surface area (Å²) in [5, 5.41) is 4.24. The second kappa shape index (κ2) is 5.94. The van der Waals surface area contributed by atoms with Gasteiger partial charge in [0.15, 0.2) is 0 Å². The lowest BCUT2D eigenvalue weighted by atomic mass is 9.84. The van der Waals surface area contributed by atoms with E-state index in [1.165, 1.54) is 11.1 Å². The van der Waals surface area contributed by atoms with Gasteiger partial charge in [-0.25, -0.2) is 0 Å². The first-order valence-electron chi connectivity index (χ1n) is 7.11. The minimum Gasteiger partial charge on any atom is -0.322 e. The third-order valence-corrected chi connectivity index (χ3v) is 3.88. The molecule has 1 atom stereocenters. The minimum absolute atomic E-state index is 0.114. The van der Waals surface area contributed by atoms with E-state index in [-0.39, 0.29) is 12.0 Å². The quantitative estimate of drug-likeness (QED) is 0.795. The van der Waals surface area contributed by atoms with Gasteiger partial charge in [0, 0.05) is 19.2 Å². The maximum Gasteiger partial charge on any atom is 0.0577 e. The van der Waals surface area contributed by atoms with Crippen LogP contribution in [0.2, 0.25) is 0 Å². The van der Waals surface area contributed by atoms with Gasteiger partial charge in [0.05, 0.1) is 11.7 Å². The van der Waals surface area contributed by atoms with Crippen LogP contribution in [0.15, 0.2) is 72.9 Å². The van der Waals surface area contributed by atoms with Crippen LogP contribution in [0.3, 0.4) is 0 Å². The molecule has 0 aliphatic rings. The first-order valence-corrected chi connectivity index (χ1v) is 7.11. The van der Waals surface area contributed by atoms with Crippen molar-refractivity contribution >= 4 is 0 Å². The summed E-state index contributed by atoms with van der Waals surface area (Å²) in [5.74, 6) is 0.114. The normalized spacial score (nSPS) is 12.5. The fourth-order valence-corrected chi connectivity index (χ4v) is 2.81. The third kappa shape index (κ3) is 2.73. The average molecular weight is 277 g/mol. The fourth-order valence-electron chi connectivity index (χ4n) is 2.81. The van der Waals surface area contributed by atoms with Crippen molar-refractivity contribution in [3.8, 4) is 0 Å². The molecule has 2 aromatic carbocycles. The SMILES string of the molecule is Cn1nccc1C(N)C(c1ccccc1)c1ccccc1. The Morgan fingerprint density at radius 1 is 0.857 bits per heavy atom. The molecular weight excluding hydrogens is 258 g/mol. The van der Waals surface area contributed by atoms with E-state index in [1.54, 1.807) is 6.20 Å². The smallest absolute Gasteiger partial charge is 0.0577 e. The number of hydrogen-bond acceptors (Lipinski definition) is 2. The number of nitrogens with zero attached hydrogens (tertiary/aromatic N) is 2. The lowest BCUT2D eigenvalue weighted by Gasteiger charge is -2.25. The summed E-state index contributed by atoms with van der Waals surface area (Å²) < 4.78 is 1.85. The Kier molecular flexibility index (Phi) is 3.84. The standard InChI is InChI=1S/C18H19N3/c1-21-16(12-13-20-21)18(19)17(14-8-4-2-5-9-14)15-10-6-3-7-11-15/h2-13,17-18H,19H2,1H3.